The summed E-state index contributed by atoms with van der Waals surface area (Å²) >= 11 is 3.22. The largest absolute Gasteiger partial charge is 0.504 e. The third-order valence-electron chi connectivity index (χ3n) is 7.41. The van der Waals surface area contributed by atoms with Crippen LogP contribution in [0.1, 0.15) is 17.4 Å². The van der Waals surface area contributed by atoms with E-state index in [-0.39, 0.29) is 50.3 Å². The smallest absolute Gasteiger partial charge is 0.352 e. The summed E-state index contributed by atoms with van der Waals surface area (Å²) in [7, 11) is 0. The molecule has 4 heterocycles. The molecule has 1 fully saturated rings. The molecule has 2 amide bonds. The standard InChI is InChI=1S/C30H24N6O12S3/c31-29-33-14(10-50-29)20(35-48-23(28(45)46)12-2-4-16(38)18(40)6-12)24(41)34-21-25(42)36-22(27(43)44)13(8-49-26(21)36)9-51-30-32-7-19(47-30)11-1-3-15(37)17(39)5-11/h1-7,10,21,23,26,37-40H,8-9H2,(H2,31,33)(H,34,41)(H,43,44)(H,45,46)/b35-20-/t21-,23?,26-/m1/s1. The number of amides is 2. The van der Waals surface area contributed by atoms with Crippen molar-refractivity contribution in [3.8, 4) is 34.3 Å². The highest BCUT2D eigenvalue weighted by Crippen LogP contribution is 2.42. The number of oxazole rings is 1. The van der Waals surface area contributed by atoms with Crippen molar-refractivity contribution in [3.63, 3.8) is 0 Å². The number of benzene rings is 2. The van der Waals surface area contributed by atoms with Crippen LogP contribution in [0.4, 0.5) is 5.13 Å². The molecule has 0 aliphatic carbocycles. The first kappa shape index (κ1) is 34.9. The summed E-state index contributed by atoms with van der Waals surface area (Å²) in [6.07, 6.45) is -0.435. The summed E-state index contributed by atoms with van der Waals surface area (Å²) in [6, 6.07) is 6.05. The van der Waals surface area contributed by atoms with Gasteiger partial charge in [-0.2, -0.15) is 0 Å². The Morgan fingerprint density at radius 1 is 1.10 bits per heavy atom. The molecule has 2 aliphatic rings. The van der Waals surface area contributed by atoms with Crippen LogP contribution in [0.3, 0.4) is 0 Å². The molecule has 2 aromatic heterocycles. The van der Waals surface area contributed by atoms with Gasteiger partial charge in [0.15, 0.2) is 39.6 Å². The van der Waals surface area contributed by atoms with E-state index in [2.05, 4.69) is 20.4 Å². The first-order chi connectivity index (χ1) is 24.3. The molecular formula is C30H24N6O12S3. The van der Waals surface area contributed by atoms with Crippen molar-refractivity contribution in [1.29, 1.82) is 0 Å². The molecule has 0 radical (unpaired) electrons. The van der Waals surface area contributed by atoms with E-state index in [1.807, 2.05) is 0 Å². The van der Waals surface area contributed by atoms with Gasteiger partial charge in [-0.3, -0.25) is 14.5 Å². The number of hydrogen-bond acceptors (Lipinski definition) is 17. The highest BCUT2D eigenvalue weighted by molar-refractivity contribution is 8.01. The number of rotatable bonds is 12. The van der Waals surface area contributed by atoms with E-state index in [9.17, 15) is 49.8 Å². The number of aromatic nitrogens is 2. The lowest BCUT2D eigenvalue weighted by atomic mass is 10.0. The van der Waals surface area contributed by atoms with Crippen molar-refractivity contribution in [2.24, 2.45) is 5.16 Å². The summed E-state index contributed by atoms with van der Waals surface area (Å²) in [5.41, 5.74) is 5.54. The Balaban J connectivity index is 1.17. The molecule has 3 atom stereocenters. The summed E-state index contributed by atoms with van der Waals surface area (Å²) in [5.74, 6) is -5.87. The number of carboxylic acids is 2. The number of β-lactam (4-membered cyclic amide) rings is 1. The molecule has 4 aromatic rings. The van der Waals surface area contributed by atoms with E-state index in [0.29, 0.717) is 16.9 Å². The Labute approximate surface area is 297 Å². The first-order valence-corrected chi connectivity index (χ1v) is 17.3. The number of oxime groups is 1. The zero-order valence-electron chi connectivity index (χ0n) is 25.5. The number of carbonyl (C=O) groups excluding carboxylic acids is 2. The van der Waals surface area contributed by atoms with E-state index < -0.39 is 58.5 Å². The maximum Gasteiger partial charge on any atom is 0.352 e. The zero-order chi connectivity index (χ0) is 36.6. The van der Waals surface area contributed by atoms with Crippen molar-refractivity contribution < 1.29 is 59.1 Å². The molecule has 0 saturated carbocycles. The van der Waals surface area contributed by atoms with E-state index in [0.717, 1.165) is 40.1 Å². The van der Waals surface area contributed by atoms with Crippen molar-refractivity contribution in [2.45, 2.75) is 22.7 Å². The molecule has 21 heteroatoms. The SMILES string of the molecule is Nc1nc(/C(=N/OC(C(=O)O)c2ccc(O)c(O)c2)C(=O)N[C@@H]2C(=O)N3C(C(=O)O)=C(CSc4ncc(-c5ccc(O)c(O)c5)o4)CS[C@H]23)cs1. The highest BCUT2D eigenvalue weighted by atomic mass is 32.2. The number of nitrogens with two attached hydrogens (primary N) is 1. The predicted molar refractivity (Wildman–Crippen MR) is 180 cm³/mol. The van der Waals surface area contributed by atoms with Crippen LogP contribution in [-0.4, -0.2) is 97.9 Å². The Hall–Kier alpha value is -5.93. The molecule has 2 aromatic carbocycles. The number of phenolic OH excluding ortho intramolecular Hbond substituents is 4. The monoisotopic (exact) mass is 756 g/mol. The minimum Gasteiger partial charge on any atom is -0.504 e. The number of thioether (sulfide) groups is 2. The third kappa shape index (κ3) is 7.07. The number of fused-ring (bicyclic) bond motifs is 1. The van der Waals surface area contributed by atoms with Gasteiger partial charge in [0.2, 0.25) is 6.10 Å². The highest BCUT2D eigenvalue weighted by Gasteiger charge is 2.54. The molecule has 51 heavy (non-hydrogen) atoms. The van der Waals surface area contributed by atoms with Crippen molar-refractivity contribution >= 4 is 69.5 Å². The number of nitrogens with zero attached hydrogens (tertiary/aromatic N) is 4. The van der Waals surface area contributed by atoms with Gasteiger partial charge in [-0.05, 0) is 35.9 Å². The van der Waals surface area contributed by atoms with E-state index in [4.69, 9.17) is 15.0 Å². The van der Waals surface area contributed by atoms with Gasteiger partial charge in [0.25, 0.3) is 17.0 Å². The van der Waals surface area contributed by atoms with Crippen LogP contribution in [0.2, 0.25) is 0 Å². The number of phenols is 4. The molecule has 18 nitrogen and oxygen atoms in total. The van der Waals surface area contributed by atoms with Crippen LogP contribution >= 0.6 is 34.9 Å². The minimum absolute atomic E-state index is 0.0414. The molecule has 0 bridgehead atoms. The van der Waals surface area contributed by atoms with Gasteiger partial charge in [-0.25, -0.2) is 19.6 Å². The number of aliphatic carboxylic acids is 2. The normalized spacial score (nSPS) is 17.8. The maximum absolute atomic E-state index is 13.5. The number of anilines is 1. The topological polar surface area (TPSA) is 291 Å². The molecule has 2 aliphatic heterocycles. The van der Waals surface area contributed by atoms with Crippen LogP contribution in [0.15, 0.2) is 74.0 Å². The molecule has 0 spiro atoms. The number of nitrogen functional groups attached to an aromatic ring is 1. The molecule has 9 N–H and O–H groups in total. The fourth-order valence-corrected chi connectivity index (χ4v) is 7.78. The molecule has 264 valence electrons. The number of carboxylic acid groups (broad SMARTS) is 2. The lowest BCUT2D eigenvalue weighted by molar-refractivity contribution is -0.151. The number of hydrogen-bond donors (Lipinski definition) is 8. The second kappa shape index (κ2) is 14.1. The van der Waals surface area contributed by atoms with Gasteiger partial charge in [0.1, 0.15) is 22.8 Å². The van der Waals surface area contributed by atoms with Crippen molar-refractivity contribution in [1.82, 2.24) is 20.2 Å². The lowest BCUT2D eigenvalue weighted by Gasteiger charge is -2.49. The summed E-state index contributed by atoms with van der Waals surface area (Å²) in [5, 5.41) is 65.5. The van der Waals surface area contributed by atoms with Crippen molar-refractivity contribution in [3.05, 3.63) is 70.5 Å². The Morgan fingerprint density at radius 2 is 1.82 bits per heavy atom. The van der Waals surface area contributed by atoms with Crippen molar-refractivity contribution in [2.75, 3.05) is 17.2 Å². The van der Waals surface area contributed by atoms with Gasteiger partial charge < -0.3 is 50.9 Å². The minimum atomic E-state index is -1.84. The van der Waals surface area contributed by atoms with Gasteiger partial charge in [0.05, 0.1) is 6.20 Å². The maximum atomic E-state index is 13.5. The van der Waals surface area contributed by atoms with Crippen LogP contribution in [0.5, 0.6) is 23.0 Å². The number of aromatic hydroxyl groups is 4. The fraction of sp³-hybridized carbons (Fsp3) is 0.167. The summed E-state index contributed by atoms with van der Waals surface area (Å²) in [4.78, 5) is 65.6. The van der Waals surface area contributed by atoms with E-state index in [1.54, 1.807) is 0 Å². The quantitative estimate of drug-likeness (QED) is 0.0338. The molecule has 1 saturated heterocycles. The lowest BCUT2D eigenvalue weighted by Crippen LogP contribution is -2.71. The summed E-state index contributed by atoms with van der Waals surface area (Å²) in [6.45, 7) is 0. The number of nitrogens with one attached hydrogen (secondary N) is 1. The summed E-state index contributed by atoms with van der Waals surface area (Å²) < 4.78 is 5.71. The van der Waals surface area contributed by atoms with Crippen LogP contribution in [0.25, 0.3) is 11.3 Å². The van der Waals surface area contributed by atoms with Gasteiger partial charge in [-0.15, -0.1) is 23.1 Å². The fourth-order valence-electron chi connectivity index (χ4n) is 4.95. The molecular weight excluding hydrogens is 733 g/mol. The molecule has 6 rings (SSSR count). The van der Waals surface area contributed by atoms with Crippen LogP contribution in [0, 0.1) is 0 Å². The number of carbonyl (C=O) groups is 4. The van der Waals surface area contributed by atoms with Crippen LogP contribution in [-0.2, 0) is 24.0 Å². The van der Waals surface area contributed by atoms with Gasteiger partial charge in [0, 0.05) is 28.0 Å². The van der Waals surface area contributed by atoms with Gasteiger partial charge >= 0.3 is 11.9 Å². The van der Waals surface area contributed by atoms with Gasteiger partial charge in [-0.1, -0.05) is 23.0 Å². The Kier molecular flexibility index (Phi) is 9.67. The average molecular weight is 757 g/mol. The second-order valence-electron chi connectivity index (χ2n) is 10.7. The predicted octanol–water partition coefficient (Wildman–Crippen LogP) is 2.28. The first-order valence-electron chi connectivity index (χ1n) is 14.3. The Morgan fingerprint density at radius 3 is 2.47 bits per heavy atom. The van der Waals surface area contributed by atoms with Crippen LogP contribution < -0.4 is 11.1 Å². The second-order valence-corrected chi connectivity index (χ2v) is 13.6. The Bertz CT molecular complexity index is 2130. The molecule has 1 unspecified atom stereocenters. The zero-order valence-corrected chi connectivity index (χ0v) is 27.9. The van der Waals surface area contributed by atoms with E-state index >= 15 is 0 Å². The third-order valence-corrected chi connectivity index (χ3v) is 10.3. The number of thiazole rings is 1. The van der Waals surface area contributed by atoms with E-state index in [1.165, 1.54) is 47.6 Å². The average Bonchev–Trinajstić information content (AvgIpc) is 3.75.